The van der Waals surface area contributed by atoms with Gasteiger partial charge in [-0.25, -0.2) is 0 Å². The Morgan fingerprint density at radius 3 is 2.56 bits per heavy atom. The number of hydrogen-bond acceptors (Lipinski definition) is 4. The maximum absolute atomic E-state index is 5.78. The molecular formula is C13H15N3O2. The van der Waals surface area contributed by atoms with E-state index in [0.29, 0.717) is 5.82 Å². The Kier molecular flexibility index (Phi) is 2.08. The monoisotopic (exact) mass is 245 g/mol. The SMILES string of the molecule is Cn1nc(-c2ccc3c(c2)OC(C)(C)O3)cc1N. The fraction of sp³-hybridized carbons (Fsp3) is 0.308. The Morgan fingerprint density at radius 1 is 1.17 bits per heavy atom. The Labute approximate surface area is 105 Å². The molecule has 2 heterocycles. The molecule has 0 bridgehead atoms. The van der Waals surface area contributed by atoms with Gasteiger partial charge in [0.2, 0.25) is 5.79 Å². The Balaban J connectivity index is 2.02. The van der Waals surface area contributed by atoms with Gasteiger partial charge in [-0.1, -0.05) is 0 Å². The molecule has 0 aliphatic carbocycles. The summed E-state index contributed by atoms with van der Waals surface area (Å²) >= 11 is 0. The van der Waals surface area contributed by atoms with E-state index in [1.807, 2.05) is 45.2 Å². The van der Waals surface area contributed by atoms with Crippen LogP contribution in [0.2, 0.25) is 0 Å². The molecule has 5 heteroatoms. The van der Waals surface area contributed by atoms with Crippen molar-refractivity contribution >= 4 is 5.82 Å². The fourth-order valence-electron chi connectivity index (χ4n) is 2.00. The highest BCUT2D eigenvalue weighted by molar-refractivity contribution is 5.66. The van der Waals surface area contributed by atoms with Gasteiger partial charge in [0.05, 0.1) is 5.69 Å². The van der Waals surface area contributed by atoms with Crippen molar-refractivity contribution in [3.8, 4) is 22.8 Å². The number of fused-ring (bicyclic) bond motifs is 1. The van der Waals surface area contributed by atoms with E-state index in [2.05, 4.69) is 5.10 Å². The number of aromatic nitrogens is 2. The van der Waals surface area contributed by atoms with E-state index in [1.165, 1.54) is 0 Å². The first-order valence-corrected chi connectivity index (χ1v) is 5.76. The van der Waals surface area contributed by atoms with Gasteiger partial charge in [-0.3, -0.25) is 4.68 Å². The van der Waals surface area contributed by atoms with Crippen LogP contribution < -0.4 is 15.2 Å². The number of hydrogen-bond donors (Lipinski definition) is 1. The van der Waals surface area contributed by atoms with Gasteiger partial charge in [0.25, 0.3) is 0 Å². The van der Waals surface area contributed by atoms with Crippen molar-refractivity contribution in [3.05, 3.63) is 24.3 Å². The Morgan fingerprint density at radius 2 is 1.89 bits per heavy atom. The highest BCUT2D eigenvalue weighted by Crippen LogP contribution is 2.41. The molecule has 0 spiro atoms. The van der Waals surface area contributed by atoms with E-state index in [0.717, 1.165) is 22.8 Å². The molecule has 1 aromatic carbocycles. The summed E-state index contributed by atoms with van der Waals surface area (Å²) in [4.78, 5) is 0. The van der Waals surface area contributed by atoms with Gasteiger partial charge in [0.1, 0.15) is 5.82 Å². The van der Waals surface area contributed by atoms with Crippen LogP contribution in [-0.2, 0) is 7.05 Å². The van der Waals surface area contributed by atoms with E-state index >= 15 is 0 Å². The van der Waals surface area contributed by atoms with Gasteiger partial charge in [-0.2, -0.15) is 5.10 Å². The lowest BCUT2D eigenvalue weighted by molar-refractivity contribution is -0.0431. The molecule has 18 heavy (non-hydrogen) atoms. The van der Waals surface area contributed by atoms with Gasteiger partial charge in [-0.15, -0.1) is 0 Å². The second-order valence-electron chi connectivity index (χ2n) is 4.84. The summed E-state index contributed by atoms with van der Waals surface area (Å²) in [5, 5.41) is 4.34. The molecule has 94 valence electrons. The molecule has 1 aromatic heterocycles. The lowest BCUT2D eigenvalue weighted by Gasteiger charge is -2.16. The molecule has 0 amide bonds. The predicted octanol–water partition coefficient (Wildman–Crippen LogP) is 2.18. The lowest BCUT2D eigenvalue weighted by Crippen LogP contribution is -2.29. The zero-order chi connectivity index (χ0) is 12.9. The highest BCUT2D eigenvalue weighted by atomic mass is 16.7. The second kappa shape index (κ2) is 3.41. The highest BCUT2D eigenvalue weighted by Gasteiger charge is 2.31. The van der Waals surface area contributed by atoms with Crippen LogP contribution in [0.1, 0.15) is 13.8 Å². The topological polar surface area (TPSA) is 62.3 Å². The van der Waals surface area contributed by atoms with Crippen LogP contribution in [-0.4, -0.2) is 15.6 Å². The standard InChI is InChI=1S/C13H15N3O2/c1-13(2)17-10-5-4-8(6-11(10)18-13)9-7-12(14)16(3)15-9/h4-7H,14H2,1-3H3. The van der Waals surface area contributed by atoms with E-state index < -0.39 is 5.79 Å². The minimum Gasteiger partial charge on any atom is -0.449 e. The number of benzene rings is 1. The maximum Gasteiger partial charge on any atom is 0.246 e. The molecule has 0 radical (unpaired) electrons. The molecule has 5 nitrogen and oxygen atoms in total. The average Bonchev–Trinajstić information content (AvgIpc) is 2.76. The van der Waals surface area contributed by atoms with Crippen LogP contribution in [0.5, 0.6) is 11.5 Å². The molecule has 2 aromatic rings. The number of ether oxygens (including phenoxy) is 2. The van der Waals surface area contributed by atoms with Crippen molar-refractivity contribution in [1.29, 1.82) is 0 Å². The predicted molar refractivity (Wildman–Crippen MR) is 68.4 cm³/mol. The summed E-state index contributed by atoms with van der Waals surface area (Å²) in [6, 6.07) is 7.60. The van der Waals surface area contributed by atoms with Crippen LogP contribution in [0, 0.1) is 0 Å². The summed E-state index contributed by atoms with van der Waals surface area (Å²) in [7, 11) is 1.81. The van der Waals surface area contributed by atoms with Crippen molar-refractivity contribution in [2.45, 2.75) is 19.6 Å². The summed E-state index contributed by atoms with van der Waals surface area (Å²) in [6.45, 7) is 3.76. The first-order valence-electron chi connectivity index (χ1n) is 5.76. The first-order chi connectivity index (χ1) is 8.44. The third kappa shape index (κ3) is 1.68. The second-order valence-corrected chi connectivity index (χ2v) is 4.84. The van der Waals surface area contributed by atoms with Crippen LogP contribution >= 0.6 is 0 Å². The number of anilines is 1. The van der Waals surface area contributed by atoms with E-state index in [4.69, 9.17) is 15.2 Å². The van der Waals surface area contributed by atoms with Crippen molar-refractivity contribution < 1.29 is 9.47 Å². The molecule has 1 aliphatic heterocycles. The van der Waals surface area contributed by atoms with Crippen molar-refractivity contribution in [3.63, 3.8) is 0 Å². The number of nitrogen functional groups attached to an aromatic ring is 1. The van der Waals surface area contributed by atoms with Gasteiger partial charge in [0.15, 0.2) is 11.5 Å². The van der Waals surface area contributed by atoms with Gasteiger partial charge in [0, 0.05) is 32.5 Å². The lowest BCUT2D eigenvalue weighted by atomic mass is 10.1. The number of nitrogens with zero attached hydrogens (tertiary/aromatic N) is 2. The van der Waals surface area contributed by atoms with Gasteiger partial charge < -0.3 is 15.2 Å². The summed E-state index contributed by atoms with van der Waals surface area (Å²) < 4.78 is 13.0. The molecular weight excluding hydrogens is 230 g/mol. The van der Waals surface area contributed by atoms with E-state index in [-0.39, 0.29) is 0 Å². The molecule has 1 aliphatic rings. The van der Waals surface area contributed by atoms with Crippen LogP contribution in [0.3, 0.4) is 0 Å². The van der Waals surface area contributed by atoms with Crippen molar-refractivity contribution in [2.75, 3.05) is 5.73 Å². The fourth-order valence-corrected chi connectivity index (χ4v) is 2.00. The zero-order valence-electron chi connectivity index (χ0n) is 10.6. The molecule has 0 fully saturated rings. The molecule has 3 rings (SSSR count). The van der Waals surface area contributed by atoms with E-state index in [9.17, 15) is 0 Å². The minimum atomic E-state index is -0.607. The number of aryl methyl sites for hydroxylation is 1. The Bertz CT molecular complexity index is 597. The molecule has 0 atom stereocenters. The van der Waals surface area contributed by atoms with Gasteiger partial charge >= 0.3 is 0 Å². The average molecular weight is 245 g/mol. The number of rotatable bonds is 1. The number of nitrogens with two attached hydrogens (primary N) is 1. The molecule has 0 unspecified atom stereocenters. The van der Waals surface area contributed by atoms with Crippen LogP contribution in [0.25, 0.3) is 11.3 Å². The Hall–Kier alpha value is -2.17. The third-order valence-corrected chi connectivity index (χ3v) is 2.87. The first kappa shape index (κ1) is 11.0. The molecule has 0 saturated carbocycles. The molecule has 2 N–H and O–H groups in total. The summed E-state index contributed by atoms with van der Waals surface area (Å²) in [6.07, 6.45) is 0. The van der Waals surface area contributed by atoms with Crippen LogP contribution in [0.15, 0.2) is 24.3 Å². The van der Waals surface area contributed by atoms with Crippen molar-refractivity contribution in [1.82, 2.24) is 9.78 Å². The van der Waals surface area contributed by atoms with Crippen molar-refractivity contribution in [2.24, 2.45) is 7.05 Å². The van der Waals surface area contributed by atoms with Crippen LogP contribution in [0.4, 0.5) is 5.82 Å². The third-order valence-electron chi connectivity index (χ3n) is 2.87. The summed E-state index contributed by atoms with van der Waals surface area (Å²) in [5.74, 6) is 1.52. The van der Waals surface area contributed by atoms with E-state index in [1.54, 1.807) is 4.68 Å². The van der Waals surface area contributed by atoms with Gasteiger partial charge in [-0.05, 0) is 18.2 Å². The summed E-state index contributed by atoms with van der Waals surface area (Å²) in [5.41, 5.74) is 7.56. The maximum atomic E-state index is 5.78. The minimum absolute atomic E-state index is 0.607. The smallest absolute Gasteiger partial charge is 0.246 e. The normalized spacial score (nSPS) is 15.9. The largest absolute Gasteiger partial charge is 0.449 e. The zero-order valence-corrected chi connectivity index (χ0v) is 10.6. The molecule has 0 saturated heterocycles. The quantitative estimate of drug-likeness (QED) is 0.836.